The van der Waals surface area contributed by atoms with Crippen molar-refractivity contribution in [3.63, 3.8) is 0 Å². The second-order valence-electron chi connectivity index (χ2n) is 4.84. The van der Waals surface area contributed by atoms with Crippen molar-refractivity contribution in [1.82, 2.24) is 0 Å². The molecule has 1 saturated heterocycles. The normalized spacial score (nSPS) is 22.7. The van der Waals surface area contributed by atoms with Gasteiger partial charge in [-0.05, 0) is 19.8 Å². The standard InChI is InChI=1S/C15H16O4/c1-11(16)15(8-5-9-19-14(15)18)10-13(17)12-6-3-2-4-7-12/h2-4,6-7H,5,8-10H2,1H3. The van der Waals surface area contributed by atoms with E-state index in [4.69, 9.17) is 4.74 Å². The first-order valence-electron chi connectivity index (χ1n) is 6.33. The third-order valence-corrected chi connectivity index (χ3v) is 3.60. The lowest BCUT2D eigenvalue weighted by Gasteiger charge is -2.32. The van der Waals surface area contributed by atoms with E-state index in [0.717, 1.165) is 0 Å². The van der Waals surface area contributed by atoms with Gasteiger partial charge < -0.3 is 4.74 Å². The van der Waals surface area contributed by atoms with Crippen molar-refractivity contribution >= 4 is 17.5 Å². The maximum atomic E-state index is 12.2. The lowest BCUT2D eigenvalue weighted by molar-refractivity contribution is -0.165. The Kier molecular flexibility index (Phi) is 3.79. The molecule has 1 unspecified atom stereocenters. The van der Waals surface area contributed by atoms with E-state index in [2.05, 4.69) is 0 Å². The molecule has 0 N–H and O–H groups in total. The molecule has 1 atom stereocenters. The van der Waals surface area contributed by atoms with Crippen molar-refractivity contribution in [2.45, 2.75) is 26.2 Å². The van der Waals surface area contributed by atoms with Gasteiger partial charge in [0.2, 0.25) is 0 Å². The second kappa shape index (κ2) is 5.34. The van der Waals surface area contributed by atoms with Crippen LogP contribution in [0.2, 0.25) is 0 Å². The fourth-order valence-corrected chi connectivity index (χ4v) is 2.38. The van der Waals surface area contributed by atoms with Crippen LogP contribution in [0.25, 0.3) is 0 Å². The van der Waals surface area contributed by atoms with Crippen LogP contribution in [-0.2, 0) is 14.3 Å². The molecule has 0 saturated carbocycles. The Morgan fingerprint density at radius 2 is 1.95 bits per heavy atom. The number of carbonyl (C=O) groups is 3. The quantitative estimate of drug-likeness (QED) is 0.473. The Bertz CT molecular complexity index is 506. The molecule has 0 bridgehead atoms. The minimum atomic E-state index is -1.29. The molecule has 19 heavy (non-hydrogen) atoms. The van der Waals surface area contributed by atoms with Crippen molar-refractivity contribution in [2.24, 2.45) is 5.41 Å². The molecular weight excluding hydrogens is 244 g/mol. The summed E-state index contributed by atoms with van der Waals surface area (Å²) in [6.07, 6.45) is 0.901. The fraction of sp³-hybridized carbons (Fsp3) is 0.400. The smallest absolute Gasteiger partial charge is 0.320 e. The molecule has 0 radical (unpaired) electrons. The van der Waals surface area contributed by atoms with E-state index in [9.17, 15) is 14.4 Å². The Morgan fingerprint density at radius 1 is 1.26 bits per heavy atom. The number of hydrogen-bond acceptors (Lipinski definition) is 4. The highest BCUT2D eigenvalue weighted by atomic mass is 16.5. The van der Waals surface area contributed by atoms with Crippen LogP contribution >= 0.6 is 0 Å². The molecule has 1 aromatic rings. The molecule has 0 aliphatic carbocycles. The van der Waals surface area contributed by atoms with E-state index in [1.165, 1.54) is 6.92 Å². The van der Waals surface area contributed by atoms with E-state index in [1.54, 1.807) is 24.3 Å². The highest BCUT2D eigenvalue weighted by Gasteiger charge is 2.48. The molecule has 4 heteroatoms. The van der Waals surface area contributed by atoms with Gasteiger partial charge in [-0.25, -0.2) is 0 Å². The van der Waals surface area contributed by atoms with Gasteiger partial charge in [0, 0.05) is 12.0 Å². The first-order chi connectivity index (χ1) is 9.06. The van der Waals surface area contributed by atoms with E-state index in [-0.39, 0.29) is 18.0 Å². The molecule has 4 nitrogen and oxygen atoms in total. The van der Waals surface area contributed by atoms with Crippen LogP contribution in [0.3, 0.4) is 0 Å². The highest BCUT2D eigenvalue weighted by molar-refractivity contribution is 6.09. The average molecular weight is 260 g/mol. The molecule has 0 aromatic heterocycles. The molecule has 0 amide bonds. The maximum absolute atomic E-state index is 12.2. The number of esters is 1. The summed E-state index contributed by atoms with van der Waals surface area (Å²) in [4.78, 5) is 36.0. The molecule has 2 rings (SSSR count). The van der Waals surface area contributed by atoms with Gasteiger partial charge >= 0.3 is 5.97 Å². The number of carbonyl (C=O) groups excluding carboxylic acids is 3. The zero-order chi connectivity index (χ0) is 13.9. The van der Waals surface area contributed by atoms with Crippen LogP contribution < -0.4 is 0 Å². The summed E-state index contributed by atoms with van der Waals surface area (Å²) in [7, 11) is 0. The summed E-state index contributed by atoms with van der Waals surface area (Å²) in [6, 6.07) is 8.70. The second-order valence-corrected chi connectivity index (χ2v) is 4.84. The van der Waals surface area contributed by atoms with E-state index in [0.29, 0.717) is 25.0 Å². The van der Waals surface area contributed by atoms with Crippen molar-refractivity contribution < 1.29 is 19.1 Å². The number of rotatable bonds is 4. The minimum absolute atomic E-state index is 0.106. The average Bonchev–Trinajstić information content (AvgIpc) is 2.42. The zero-order valence-electron chi connectivity index (χ0n) is 10.8. The predicted octanol–water partition coefficient (Wildman–Crippen LogP) is 2.17. The van der Waals surface area contributed by atoms with E-state index < -0.39 is 11.4 Å². The number of ketones is 2. The van der Waals surface area contributed by atoms with Crippen molar-refractivity contribution in [3.8, 4) is 0 Å². The fourth-order valence-electron chi connectivity index (χ4n) is 2.38. The number of benzene rings is 1. The van der Waals surface area contributed by atoms with Crippen LogP contribution in [0, 0.1) is 5.41 Å². The topological polar surface area (TPSA) is 60.4 Å². The SMILES string of the molecule is CC(=O)C1(CC(=O)c2ccccc2)CCCOC1=O. The number of ether oxygens (including phenoxy) is 1. The van der Waals surface area contributed by atoms with E-state index >= 15 is 0 Å². The van der Waals surface area contributed by atoms with Gasteiger partial charge in [0.1, 0.15) is 11.2 Å². The van der Waals surface area contributed by atoms with Gasteiger partial charge in [-0.15, -0.1) is 0 Å². The predicted molar refractivity (Wildman–Crippen MR) is 68.7 cm³/mol. The molecule has 1 aromatic carbocycles. The summed E-state index contributed by atoms with van der Waals surface area (Å²) < 4.78 is 4.98. The molecule has 1 heterocycles. The van der Waals surface area contributed by atoms with Crippen LogP contribution in [0.5, 0.6) is 0 Å². The van der Waals surface area contributed by atoms with Gasteiger partial charge in [-0.1, -0.05) is 30.3 Å². The summed E-state index contributed by atoms with van der Waals surface area (Å²) in [5, 5.41) is 0. The molecule has 1 fully saturated rings. The van der Waals surface area contributed by atoms with Crippen LogP contribution in [-0.4, -0.2) is 24.1 Å². The zero-order valence-corrected chi connectivity index (χ0v) is 10.8. The van der Waals surface area contributed by atoms with Gasteiger partial charge in [-0.3, -0.25) is 14.4 Å². The number of cyclic esters (lactones) is 1. The number of hydrogen-bond donors (Lipinski definition) is 0. The summed E-state index contributed by atoms with van der Waals surface area (Å²) in [5.74, 6) is -1.05. The van der Waals surface area contributed by atoms with Crippen molar-refractivity contribution in [1.29, 1.82) is 0 Å². The van der Waals surface area contributed by atoms with Crippen LogP contribution in [0.1, 0.15) is 36.5 Å². The summed E-state index contributed by atoms with van der Waals surface area (Å²) in [6.45, 7) is 1.68. The van der Waals surface area contributed by atoms with Gasteiger partial charge in [0.05, 0.1) is 6.61 Å². The van der Waals surface area contributed by atoms with E-state index in [1.807, 2.05) is 6.07 Å². The van der Waals surface area contributed by atoms with Gasteiger partial charge in [-0.2, -0.15) is 0 Å². The first kappa shape index (κ1) is 13.5. The lowest BCUT2D eigenvalue weighted by atomic mass is 9.73. The monoisotopic (exact) mass is 260 g/mol. The highest BCUT2D eigenvalue weighted by Crippen LogP contribution is 2.35. The molecule has 0 spiro atoms. The Hall–Kier alpha value is -1.97. The lowest BCUT2D eigenvalue weighted by Crippen LogP contribution is -2.44. The molecule has 1 aliphatic heterocycles. The molecular formula is C15H16O4. The van der Waals surface area contributed by atoms with Gasteiger partial charge in [0.15, 0.2) is 5.78 Å². The van der Waals surface area contributed by atoms with Gasteiger partial charge in [0.25, 0.3) is 0 Å². The Labute approximate surface area is 111 Å². The largest absolute Gasteiger partial charge is 0.465 e. The first-order valence-corrected chi connectivity index (χ1v) is 6.33. The maximum Gasteiger partial charge on any atom is 0.320 e. The van der Waals surface area contributed by atoms with Crippen LogP contribution in [0.15, 0.2) is 30.3 Å². The number of Topliss-reactive ketones (excluding diaryl/α,β-unsaturated/α-hetero) is 2. The minimum Gasteiger partial charge on any atom is -0.465 e. The summed E-state index contributed by atoms with van der Waals surface area (Å²) in [5.41, 5.74) is -0.771. The Morgan fingerprint density at radius 3 is 2.53 bits per heavy atom. The molecule has 1 aliphatic rings. The third-order valence-electron chi connectivity index (χ3n) is 3.60. The summed E-state index contributed by atoms with van der Waals surface area (Å²) >= 11 is 0. The Balaban J connectivity index is 2.25. The van der Waals surface area contributed by atoms with Crippen molar-refractivity contribution in [2.75, 3.05) is 6.61 Å². The molecule has 100 valence electrons. The van der Waals surface area contributed by atoms with Crippen LogP contribution in [0.4, 0.5) is 0 Å². The third kappa shape index (κ3) is 2.57. The van der Waals surface area contributed by atoms with Crippen molar-refractivity contribution in [3.05, 3.63) is 35.9 Å².